The molecular formula is C13H16F2O2. The molecule has 1 aliphatic carbocycles. The SMILES string of the molecule is COc1c(F)ccc(C(O)C2CCCC2)c1F. The van der Waals surface area contributed by atoms with Gasteiger partial charge >= 0.3 is 0 Å². The summed E-state index contributed by atoms with van der Waals surface area (Å²) in [5.41, 5.74) is 0.134. The monoisotopic (exact) mass is 242 g/mol. The van der Waals surface area contributed by atoms with E-state index in [1.54, 1.807) is 0 Å². The lowest BCUT2D eigenvalue weighted by atomic mass is 9.94. The van der Waals surface area contributed by atoms with E-state index in [1.165, 1.54) is 13.2 Å². The van der Waals surface area contributed by atoms with Crippen LogP contribution in [-0.4, -0.2) is 12.2 Å². The molecule has 1 aliphatic rings. The molecule has 1 aromatic rings. The highest BCUT2D eigenvalue weighted by molar-refractivity contribution is 5.34. The first-order valence-electron chi connectivity index (χ1n) is 5.85. The predicted octanol–water partition coefficient (Wildman–Crippen LogP) is 3.20. The lowest BCUT2D eigenvalue weighted by molar-refractivity contribution is 0.107. The van der Waals surface area contributed by atoms with Crippen LogP contribution in [0.4, 0.5) is 8.78 Å². The fourth-order valence-corrected chi connectivity index (χ4v) is 2.49. The summed E-state index contributed by atoms with van der Waals surface area (Å²) in [5.74, 6) is -1.88. The van der Waals surface area contributed by atoms with Gasteiger partial charge in [0.05, 0.1) is 13.2 Å². The minimum absolute atomic E-state index is 0.0691. The van der Waals surface area contributed by atoms with Crippen molar-refractivity contribution in [1.29, 1.82) is 0 Å². The van der Waals surface area contributed by atoms with Gasteiger partial charge in [-0.15, -0.1) is 0 Å². The minimum Gasteiger partial charge on any atom is -0.491 e. The smallest absolute Gasteiger partial charge is 0.190 e. The molecule has 0 bridgehead atoms. The number of aliphatic hydroxyl groups excluding tert-OH is 1. The number of ether oxygens (including phenoxy) is 1. The fourth-order valence-electron chi connectivity index (χ4n) is 2.49. The predicted molar refractivity (Wildman–Crippen MR) is 59.8 cm³/mol. The Balaban J connectivity index is 2.31. The molecule has 1 aromatic carbocycles. The highest BCUT2D eigenvalue weighted by atomic mass is 19.1. The highest BCUT2D eigenvalue weighted by Gasteiger charge is 2.28. The molecule has 1 atom stereocenters. The van der Waals surface area contributed by atoms with Crippen molar-refractivity contribution in [3.63, 3.8) is 0 Å². The Hall–Kier alpha value is -1.16. The zero-order valence-electron chi connectivity index (χ0n) is 9.75. The molecular weight excluding hydrogens is 226 g/mol. The molecule has 0 spiro atoms. The van der Waals surface area contributed by atoms with E-state index in [1.807, 2.05) is 0 Å². The molecule has 1 saturated carbocycles. The van der Waals surface area contributed by atoms with Crippen LogP contribution in [0.5, 0.6) is 5.75 Å². The third-order valence-electron chi connectivity index (χ3n) is 3.45. The van der Waals surface area contributed by atoms with Crippen LogP contribution in [0.2, 0.25) is 0 Å². The summed E-state index contributed by atoms with van der Waals surface area (Å²) in [5, 5.41) is 10.1. The summed E-state index contributed by atoms with van der Waals surface area (Å²) >= 11 is 0. The van der Waals surface area contributed by atoms with Crippen molar-refractivity contribution in [3.8, 4) is 5.75 Å². The average molecular weight is 242 g/mol. The Labute approximate surface area is 99.2 Å². The molecule has 0 aromatic heterocycles. The fraction of sp³-hybridized carbons (Fsp3) is 0.538. The van der Waals surface area contributed by atoms with E-state index >= 15 is 0 Å². The topological polar surface area (TPSA) is 29.5 Å². The van der Waals surface area contributed by atoms with E-state index in [0.29, 0.717) is 0 Å². The quantitative estimate of drug-likeness (QED) is 0.882. The number of aliphatic hydroxyl groups is 1. The third-order valence-corrected chi connectivity index (χ3v) is 3.45. The van der Waals surface area contributed by atoms with Gasteiger partial charge in [-0.2, -0.15) is 0 Å². The molecule has 17 heavy (non-hydrogen) atoms. The minimum atomic E-state index is -0.869. The molecule has 1 fully saturated rings. The molecule has 2 rings (SSSR count). The third kappa shape index (κ3) is 2.27. The van der Waals surface area contributed by atoms with Crippen molar-refractivity contribution in [2.45, 2.75) is 31.8 Å². The maximum Gasteiger partial charge on any atom is 0.190 e. The number of hydrogen-bond donors (Lipinski definition) is 1. The van der Waals surface area contributed by atoms with E-state index < -0.39 is 23.5 Å². The molecule has 0 saturated heterocycles. The van der Waals surface area contributed by atoms with E-state index in [2.05, 4.69) is 4.74 Å². The Kier molecular flexibility index (Phi) is 3.62. The number of methoxy groups -OCH3 is 1. The second kappa shape index (κ2) is 5.00. The summed E-state index contributed by atoms with van der Waals surface area (Å²) in [7, 11) is 1.22. The van der Waals surface area contributed by atoms with Crippen LogP contribution < -0.4 is 4.74 Å². The zero-order chi connectivity index (χ0) is 12.4. The first-order valence-corrected chi connectivity index (χ1v) is 5.85. The normalized spacial score (nSPS) is 18.4. The summed E-state index contributed by atoms with van der Waals surface area (Å²) in [6, 6.07) is 2.44. The van der Waals surface area contributed by atoms with Gasteiger partial charge in [-0.1, -0.05) is 18.9 Å². The Bertz CT molecular complexity index is 401. The lowest BCUT2D eigenvalue weighted by Crippen LogP contribution is -2.11. The Morgan fingerprint density at radius 2 is 1.94 bits per heavy atom. The molecule has 94 valence electrons. The summed E-state index contributed by atoms with van der Waals surface area (Å²) in [6.45, 7) is 0. The van der Waals surface area contributed by atoms with Crippen LogP contribution in [-0.2, 0) is 0 Å². The van der Waals surface area contributed by atoms with Gasteiger partial charge in [0.2, 0.25) is 0 Å². The van der Waals surface area contributed by atoms with E-state index in [4.69, 9.17) is 0 Å². The van der Waals surface area contributed by atoms with Crippen LogP contribution >= 0.6 is 0 Å². The zero-order valence-corrected chi connectivity index (χ0v) is 9.75. The largest absolute Gasteiger partial charge is 0.491 e. The van der Waals surface area contributed by atoms with Crippen molar-refractivity contribution in [3.05, 3.63) is 29.3 Å². The molecule has 0 aliphatic heterocycles. The highest BCUT2D eigenvalue weighted by Crippen LogP contribution is 2.38. The number of hydrogen-bond acceptors (Lipinski definition) is 2. The van der Waals surface area contributed by atoms with Crippen LogP contribution in [0.25, 0.3) is 0 Å². The van der Waals surface area contributed by atoms with E-state index in [0.717, 1.165) is 31.7 Å². The summed E-state index contributed by atoms with van der Waals surface area (Å²) < 4.78 is 31.8. The molecule has 0 radical (unpaired) electrons. The van der Waals surface area contributed by atoms with E-state index in [9.17, 15) is 13.9 Å². The molecule has 0 amide bonds. The second-order valence-electron chi connectivity index (χ2n) is 4.47. The maximum atomic E-state index is 13.9. The van der Waals surface area contributed by atoms with Crippen molar-refractivity contribution in [2.75, 3.05) is 7.11 Å². The van der Waals surface area contributed by atoms with Gasteiger partial charge in [-0.25, -0.2) is 8.78 Å². The van der Waals surface area contributed by atoms with Crippen molar-refractivity contribution < 1.29 is 18.6 Å². The maximum absolute atomic E-state index is 13.9. The second-order valence-corrected chi connectivity index (χ2v) is 4.47. The van der Waals surface area contributed by atoms with Crippen LogP contribution in [0.1, 0.15) is 37.4 Å². The number of halogens is 2. The lowest BCUT2D eigenvalue weighted by Gasteiger charge is -2.19. The van der Waals surface area contributed by atoms with E-state index in [-0.39, 0.29) is 11.5 Å². The molecule has 0 heterocycles. The number of benzene rings is 1. The summed E-state index contributed by atoms with van der Waals surface area (Å²) in [4.78, 5) is 0. The van der Waals surface area contributed by atoms with Crippen molar-refractivity contribution in [2.24, 2.45) is 5.92 Å². The standard InChI is InChI=1S/C13H16F2O2/c1-17-13-10(14)7-6-9(11(13)15)12(16)8-4-2-3-5-8/h6-8,12,16H,2-5H2,1H3. The van der Waals surface area contributed by atoms with Crippen LogP contribution in [0, 0.1) is 17.6 Å². The van der Waals surface area contributed by atoms with Crippen LogP contribution in [0.15, 0.2) is 12.1 Å². The summed E-state index contributed by atoms with van der Waals surface area (Å²) in [6.07, 6.45) is 3.02. The van der Waals surface area contributed by atoms with Gasteiger partial charge in [0.25, 0.3) is 0 Å². The van der Waals surface area contributed by atoms with Crippen molar-refractivity contribution >= 4 is 0 Å². The van der Waals surface area contributed by atoms with Gasteiger partial charge in [0.1, 0.15) is 0 Å². The van der Waals surface area contributed by atoms with Gasteiger partial charge in [-0.3, -0.25) is 0 Å². The Morgan fingerprint density at radius 3 is 2.53 bits per heavy atom. The van der Waals surface area contributed by atoms with Gasteiger partial charge in [0, 0.05) is 5.56 Å². The Morgan fingerprint density at radius 1 is 1.29 bits per heavy atom. The average Bonchev–Trinajstić information content (AvgIpc) is 2.82. The molecule has 2 nitrogen and oxygen atoms in total. The number of rotatable bonds is 3. The molecule has 1 unspecified atom stereocenters. The molecule has 4 heteroatoms. The van der Waals surface area contributed by atoms with Gasteiger partial charge in [0.15, 0.2) is 17.4 Å². The first kappa shape index (κ1) is 12.3. The first-order chi connectivity index (χ1) is 8.15. The van der Waals surface area contributed by atoms with Gasteiger partial charge < -0.3 is 9.84 Å². The van der Waals surface area contributed by atoms with Crippen LogP contribution in [0.3, 0.4) is 0 Å². The van der Waals surface area contributed by atoms with Gasteiger partial charge in [-0.05, 0) is 24.8 Å². The van der Waals surface area contributed by atoms with Crippen molar-refractivity contribution in [1.82, 2.24) is 0 Å². The molecule has 1 N–H and O–H groups in total.